The minimum Gasteiger partial charge on any atom is -0.273 e. The van der Waals surface area contributed by atoms with Gasteiger partial charge in [0.15, 0.2) is 0 Å². The summed E-state index contributed by atoms with van der Waals surface area (Å²) in [7, 11) is 0. The van der Waals surface area contributed by atoms with Gasteiger partial charge in [0, 0.05) is 17.5 Å². The maximum Gasteiger partial charge on any atom is 0.242 e. The molecule has 1 aromatic rings. The summed E-state index contributed by atoms with van der Waals surface area (Å²) in [5.41, 5.74) is 0.628. The number of rotatable bonds is 3. The van der Waals surface area contributed by atoms with E-state index in [0.29, 0.717) is 11.9 Å². The Kier molecular flexibility index (Phi) is 3.86. The molecule has 0 saturated heterocycles. The van der Waals surface area contributed by atoms with Crippen molar-refractivity contribution >= 4 is 5.91 Å². The summed E-state index contributed by atoms with van der Waals surface area (Å²) in [6.07, 6.45) is 7.75. The second kappa shape index (κ2) is 5.79. The van der Waals surface area contributed by atoms with Crippen molar-refractivity contribution in [2.75, 3.05) is 0 Å². The van der Waals surface area contributed by atoms with E-state index in [9.17, 15) is 14.9 Å². The molecule has 0 bridgehead atoms. The highest BCUT2D eigenvalue weighted by Crippen LogP contribution is 2.34. The van der Waals surface area contributed by atoms with E-state index in [-0.39, 0.29) is 16.9 Å². The van der Waals surface area contributed by atoms with Crippen LogP contribution in [0.4, 0.5) is 0 Å². The number of carbonyl (C=O) groups excluding carboxylic acids is 1. The number of pyridine rings is 1. The summed E-state index contributed by atoms with van der Waals surface area (Å²) in [4.78, 5) is 27.4. The van der Waals surface area contributed by atoms with E-state index in [0.717, 1.165) is 12.8 Å². The fourth-order valence-electron chi connectivity index (χ4n) is 2.98. The van der Waals surface area contributed by atoms with E-state index in [2.05, 4.69) is 0 Å². The minimum absolute atomic E-state index is 0.202. The molecule has 0 aliphatic heterocycles. The Labute approximate surface area is 122 Å². The first kappa shape index (κ1) is 14.0. The largest absolute Gasteiger partial charge is 0.273 e. The van der Waals surface area contributed by atoms with Gasteiger partial charge in [-0.3, -0.25) is 24.5 Å². The van der Waals surface area contributed by atoms with Gasteiger partial charge in [-0.15, -0.1) is 0 Å². The zero-order valence-electron chi connectivity index (χ0n) is 11.9. The highest BCUT2D eigenvalue weighted by Gasteiger charge is 2.53. The van der Waals surface area contributed by atoms with E-state index < -0.39 is 12.0 Å². The number of aromatic nitrogens is 1. The van der Waals surface area contributed by atoms with Crippen molar-refractivity contribution < 1.29 is 9.72 Å². The molecule has 0 amide bonds. The van der Waals surface area contributed by atoms with Gasteiger partial charge in [-0.25, -0.2) is 0 Å². The van der Waals surface area contributed by atoms with Crippen LogP contribution in [0.1, 0.15) is 43.3 Å². The first-order valence-corrected chi connectivity index (χ1v) is 7.56. The Morgan fingerprint density at radius 2 is 2.05 bits per heavy atom. The smallest absolute Gasteiger partial charge is 0.242 e. The van der Waals surface area contributed by atoms with Gasteiger partial charge in [0.1, 0.15) is 11.4 Å². The molecule has 2 saturated carbocycles. The second-order valence-corrected chi connectivity index (χ2v) is 5.88. The SMILES string of the molecule is O=C([C@@H]1C[C@H]1[N+](=O)[O-])n1ccccc1=NC1CCCCC1. The molecule has 3 rings (SSSR count). The van der Waals surface area contributed by atoms with Crippen molar-refractivity contribution in [3.05, 3.63) is 40.0 Å². The number of hydrogen-bond acceptors (Lipinski definition) is 4. The van der Waals surface area contributed by atoms with Crippen LogP contribution in [0.15, 0.2) is 29.4 Å². The topological polar surface area (TPSA) is 77.5 Å². The Morgan fingerprint density at radius 1 is 1.29 bits per heavy atom. The molecule has 6 heteroatoms. The number of nitrogens with zero attached hydrogens (tertiary/aromatic N) is 3. The first-order valence-electron chi connectivity index (χ1n) is 7.56. The third kappa shape index (κ3) is 3.04. The zero-order chi connectivity index (χ0) is 14.8. The Morgan fingerprint density at radius 3 is 2.71 bits per heavy atom. The molecule has 2 aliphatic carbocycles. The van der Waals surface area contributed by atoms with Gasteiger partial charge in [-0.1, -0.05) is 25.3 Å². The predicted molar refractivity (Wildman–Crippen MR) is 76.4 cm³/mol. The summed E-state index contributed by atoms with van der Waals surface area (Å²) in [6.45, 7) is 0. The van der Waals surface area contributed by atoms with Gasteiger partial charge in [0.2, 0.25) is 11.9 Å². The summed E-state index contributed by atoms with van der Waals surface area (Å²) in [5.74, 6) is -0.695. The lowest BCUT2D eigenvalue weighted by Crippen LogP contribution is -2.31. The van der Waals surface area contributed by atoms with Crippen molar-refractivity contribution in [2.45, 2.75) is 50.6 Å². The van der Waals surface area contributed by atoms with E-state index >= 15 is 0 Å². The van der Waals surface area contributed by atoms with Crippen LogP contribution < -0.4 is 5.49 Å². The monoisotopic (exact) mass is 289 g/mol. The normalized spacial score (nSPS) is 26.6. The predicted octanol–water partition coefficient (Wildman–Crippen LogP) is 2.03. The van der Waals surface area contributed by atoms with Gasteiger partial charge < -0.3 is 0 Å². The minimum atomic E-state index is -0.715. The molecule has 2 atom stereocenters. The van der Waals surface area contributed by atoms with Crippen LogP contribution in [0.3, 0.4) is 0 Å². The average molecular weight is 289 g/mol. The van der Waals surface area contributed by atoms with Crippen LogP contribution in [0, 0.1) is 16.0 Å². The third-order valence-electron chi connectivity index (χ3n) is 4.31. The maximum atomic E-state index is 12.4. The molecule has 1 aromatic heterocycles. The lowest BCUT2D eigenvalue weighted by atomic mass is 9.96. The van der Waals surface area contributed by atoms with Gasteiger partial charge in [-0.2, -0.15) is 0 Å². The van der Waals surface area contributed by atoms with E-state index in [1.165, 1.54) is 23.8 Å². The maximum absolute atomic E-state index is 12.4. The standard InChI is InChI=1S/C15H19N3O3/c19-15(12-10-13(12)18(20)21)17-9-5-4-8-14(17)16-11-6-2-1-3-7-11/h4-5,8-9,11-13H,1-3,6-7,10H2/t12-,13-/m1/s1. The zero-order valence-corrected chi connectivity index (χ0v) is 11.9. The highest BCUT2D eigenvalue weighted by atomic mass is 16.6. The van der Waals surface area contributed by atoms with Crippen LogP contribution in [-0.2, 0) is 0 Å². The molecule has 0 unspecified atom stereocenters. The number of nitro groups is 1. The van der Waals surface area contributed by atoms with E-state index in [1.54, 1.807) is 12.3 Å². The molecule has 0 spiro atoms. The summed E-state index contributed by atoms with van der Waals surface area (Å²) in [6, 6.07) is 4.99. The quantitative estimate of drug-likeness (QED) is 0.631. The van der Waals surface area contributed by atoms with Gasteiger partial charge in [0.05, 0.1) is 6.04 Å². The van der Waals surface area contributed by atoms with Gasteiger partial charge in [-0.05, 0) is 25.0 Å². The van der Waals surface area contributed by atoms with Crippen LogP contribution >= 0.6 is 0 Å². The molecular weight excluding hydrogens is 270 g/mol. The van der Waals surface area contributed by atoms with Crippen LogP contribution in [-0.4, -0.2) is 27.5 Å². The van der Waals surface area contributed by atoms with E-state index in [1.807, 2.05) is 12.1 Å². The van der Waals surface area contributed by atoms with Crippen molar-refractivity contribution in [1.29, 1.82) is 0 Å². The van der Waals surface area contributed by atoms with Gasteiger partial charge in [0.25, 0.3) is 0 Å². The molecule has 112 valence electrons. The summed E-state index contributed by atoms with van der Waals surface area (Å²) in [5, 5.41) is 10.7. The van der Waals surface area contributed by atoms with Crippen molar-refractivity contribution in [3.63, 3.8) is 0 Å². The Hall–Kier alpha value is -1.98. The molecule has 21 heavy (non-hydrogen) atoms. The molecule has 6 nitrogen and oxygen atoms in total. The summed E-state index contributed by atoms with van der Waals surface area (Å²) >= 11 is 0. The fraction of sp³-hybridized carbons (Fsp3) is 0.600. The first-order chi connectivity index (χ1) is 10.2. The molecule has 2 aliphatic rings. The molecule has 0 N–H and O–H groups in total. The van der Waals surface area contributed by atoms with Crippen LogP contribution in [0.2, 0.25) is 0 Å². The molecule has 0 aromatic carbocycles. The molecule has 2 fully saturated rings. The molecule has 0 radical (unpaired) electrons. The number of carbonyl (C=O) groups is 1. The number of hydrogen-bond donors (Lipinski definition) is 0. The average Bonchev–Trinajstić information content (AvgIpc) is 3.29. The van der Waals surface area contributed by atoms with Crippen LogP contribution in [0.25, 0.3) is 0 Å². The lowest BCUT2D eigenvalue weighted by molar-refractivity contribution is -0.497. The molecular formula is C15H19N3O3. The molecule has 1 heterocycles. The van der Waals surface area contributed by atoms with Crippen molar-refractivity contribution in [2.24, 2.45) is 10.9 Å². The van der Waals surface area contributed by atoms with Crippen LogP contribution in [0.5, 0.6) is 0 Å². The Bertz CT molecular complexity index is 617. The van der Waals surface area contributed by atoms with Crippen molar-refractivity contribution in [3.8, 4) is 0 Å². The lowest BCUT2D eigenvalue weighted by Gasteiger charge is -2.17. The van der Waals surface area contributed by atoms with E-state index in [4.69, 9.17) is 4.99 Å². The van der Waals surface area contributed by atoms with Crippen molar-refractivity contribution in [1.82, 2.24) is 4.57 Å². The third-order valence-corrected chi connectivity index (χ3v) is 4.31. The van der Waals surface area contributed by atoms with Gasteiger partial charge >= 0.3 is 0 Å². The summed E-state index contributed by atoms with van der Waals surface area (Å²) < 4.78 is 1.49. The highest BCUT2D eigenvalue weighted by molar-refractivity contribution is 5.84. The second-order valence-electron chi connectivity index (χ2n) is 5.88. The Balaban J connectivity index is 1.84. The fourth-order valence-corrected chi connectivity index (χ4v) is 2.98.